The topological polar surface area (TPSA) is 104 Å². The molecule has 1 heterocycles. The summed E-state index contributed by atoms with van der Waals surface area (Å²) in [6.45, 7) is 0. The van der Waals surface area contributed by atoms with Gasteiger partial charge in [-0.1, -0.05) is 0 Å². The Morgan fingerprint density at radius 1 is 1.53 bits per heavy atom. The highest BCUT2D eigenvalue weighted by molar-refractivity contribution is 5.76. The number of nitrogen functional groups attached to an aromatic ring is 1. The minimum atomic E-state index is -0.730. The van der Waals surface area contributed by atoms with Gasteiger partial charge in [0.2, 0.25) is 5.91 Å². The highest BCUT2D eigenvalue weighted by Crippen LogP contribution is 2.33. The van der Waals surface area contributed by atoms with Crippen molar-refractivity contribution in [3.05, 3.63) is 22.5 Å². The van der Waals surface area contributed by atoms with Crippen LogP contribution >= 0.6 is 0 Å². The van der Waals surface area contributed by atoms with Crippen LogP contribution in [0.4, 0.5) is 10.2 Å². The van der Waals surface area contributed by atoms with Crippen LogP contribution in [0, 0.1) is 11.7 Å². The Bertz CT molecular complexity index is 514. The molecule has 1 aromatic rings. The third-order valence-corrected chi connectivity index (χ3v) is 3.13. The van der Waals surface area contributed by atoms with Crippen molar-refractivity contribution in [2.75, 3.05) is 5.73 Å². The van der Waals surface area contributed by atoms with Crippen LogP contribution < -0.4 is 17.2 Å². The minimum Gasteiger partial charge on any atom is -0.381 e. The lowest BCUT2D eigenvalue weighted by atomic mass is 10.1. The summed E-state index contributed by atoms with van der Waals surface area (Å²) in [5.41, 5.74) is 9.79. The smallest absolute Gasteiger partial charge is 0.349 e. The molecule has 1 aliphatic rings. The van der Waals surface area contributed by atoms with E-state index in [1.807, 2.05) is 0 Å². The molecule has 0 radical (unpaired) electrons. The number of halogens is 1. The number of rotatable bonds is 2. The number of nitrogens with two attached hydrogens (primary N) is 2. The van der Waals surface area contributed by atoms with Gasteiger partial charge in [-0.2, -0.15) is 4.98 Å². The Morgan fingerprint density at radius 2 is 2.24 bits per heavy atom. The van der Waals surface area contributed by atoms with Gasteiger partial charge in [0.15, 0.2) is 11.6 Å². The first-order valence-corrected chi connectivity index (χ1v) is 5.32. The number of anilines is 1. The average molecular weight is 240 g/mol. The maximum Gasteiger partial charge on any atom is 0.349 e. The van der Waals surface area contributed by atoms with E-state index < -0.39 is 17.3 Å². The third-order valence-electron chi connectivity index (χ3n) is 3.13. The molecule has 0 bridgehead atoms. The number of carbonyl (C=O) groups excluding carboxylic acids is 1. The zero-order chi connectivity index (χ0) is 12.6. The van der Waals surface area contributed by atoms with Gasteiger partial charge in [-0.05, 0) is 19.3 Å². The molecular formula is C10H13FN4O2. The van der Waals surface area contributed by atoms with Crippen LogP contribution in [0.5, 0.6) is 0 Å². The van der Waals surface area contributed by atoms with Crippen LogP contribution in [0.2, 0.25) is 0 Å². The highest BCUT2D eigenvalue weighted by atomic mass is 19.1. The predicted octanol–water partition coefficient (Wildman–Crippen LogP) is -0.209. The number of primary amides is 1. The molecule has 17 heavy (non-hydrogen) atoms. The molecule has 1 saturated carbocycles. The van der Waals surface area contributed by atoms with E-state index in [1.165, 1.54) is 4.57 Å². The summed E-state index contributed by atoms with van der Waals surface area (Å²) in [5.74, 6) is -1.78. The van der Waals surface area contributed by atoms with Crippen molar-refractivity contribution in [1.29, 1.82) is 0 Å². The molecule has 0 aliphatic heterocycles. The fraction of sp³-hybridized carbons (Fsp3) is 0.500. The van der Waals surface area contributed by atoms with Crippen molar-refractivity contribution in [3.8, 4) is 0 Å². The lowest BCUT2D eigenvalue weighted by Gasteiger charge is -2.13. The summed E-state index contributed by atoms with van der Waals surface area (Å²) in [6.07, 6.45) is 2.70. The van der Waals surface area contributed by atoms with E-state index in [0.29, 0.717) is 19.3 Å². The summed E-state index contributed by atoms with van der Waals surface area (Å²) < 4.78 is 14.4. The largest absolute Gasteiger partial charge is 0.381 e. The molecule has 7 heteroatoms. The number of aromatic nitrogens is 2. The van der Waals surface area contributed by atoms with Crippen LogP contribution in [-0.2, 0) is 4.79 Å². The summed E-state index contributed by atoms with van der Waals surface area (Å²) in [6, 6.07) is -0.234. The first-order chi connectivity index (χ1) is 7.99. The number of nitrogens with zero attached hydrogens (tertiary/aromatic N) is 2. The molecule has 6 nitrogen and oxygen atoms in total. The normalized spacial score (nSPS) is 23.8. The first kappa shape index (κ1) is 11.6. The Morgan fingerprint density at radius 3 is 2.82 bits per heavy atom. The number of carbonyl (C=O) groups is 1. The maximum atomic E-state index is 13.2. The van der Waals surface area contributed by atoms with Crippen molar-refractivity contribution < 1.29 is 9.18 Å². The molecule has 0 saturated heterocycles. The van der Waals surface area contributed by atoms with Crippen molar-refractivity contribution in [3.63, 3.8) is 0 Å². The average Bonchev–Trinajstić information content (AvgIpc) is 2.72. The van der Waals surface area contributed by atoms with Crippen LogP contribution in [0.25, 0.3) is 0 Å². The zero-order valence-corrected chi connectivity index (χ0v) is 9.10. The first-order valence-electron chi connectivity index (χ1n) is 5.32. The van der Waals surface area contributed by atoms with Crippen LogP contribution in [0.1, 0.15) is 25.3 Å². The van der Waals surface area contributed by atoms with E-state index in [1.54, 1.807) is 0 Å². The predicted molar refractivity (Wildman–Crippen MR) is 58.4 cm³/mol. The van der Waals surface area contributed by atoms with Crippen molar-refractivity contribution in [2.45, 2.75) is 25.3 Å². The lowest BCUT2D eigenvalue weighted by molar-refractivity contribution is -0.121. The van der Waals surface area contributed by atoms with Gasteiger partial charge in [-0.3, -0.25) is 9.36 Å². The summed E-state index contributed by atoms with van der Waals surface area (Å²) >= 11 is 0. The molecule has 1 aromatic heterocycles. The molecule has 92 valence electrons. The van der Waals surface area contributed by atoms with Crippen LogP contribution in [0.15, 0.2) is 11.0 Å². The van der Waals surface area contributed by atoms with E-state index in [9.17, 15) is 14.0 Å². The van der Waals surface area contributed by atoms with E-state index in [0.717, 1.165) is 6.20 Å². The Labute approximate surface area is 96.4 Å². The van der Waals surface area contributed by atoms with Gasteiger partial charge in [-0.25, -0.2) is 9.18 Å². The Kier molecular flexibility index (Phi) is 2.83. The molecule has 1 amide bonds. The highest BCUT2D eigenvalue weighted by Gasteiger charge is 2.30. The second kappa shape index (κ2) is 4.15. The molecule has 2 rings (SSSR count). The van der Waals surface area contributed by atoms with Crippen LogP contribution in [-0.4, -0.2) is 15.5 Å². The Hall–Kier alpha value is -1.92. The molecule has 0 aromatic carbocycles. The lowest BCUT2D eigenvalue weighted by Crippen LogP contribution is -2.28. The number of hydrogen-bond donors (Lipinski definition) is 2. The number of hydrogen-bond acceptors (Lipinski definition) is 4. The SMILES string of the molecule is NC(=O)[C@H]1CC[C@H](n2cc(F)c(N)nc2=O)C1. The maximum absolute atomic E-state index is 13.2. The van der Waals surface area contributed by atoms with Crippen molar-refractivity contribution in [1.82, 2.24) is 9.55 Å². The molecule has 1 fully saturated rings. The van der Waals surface area contributed by atoms with E-state index >= 15 is 0 Å². The second-order valence-corrected chi connectivity index (χ2v) is 4.23. The summed E-state index contributed by atoms with van der Waals surface area (Å²) in [5, 5.41) is 0. The van der Waals surface area contributed by atoms with Gasteiger partial charge in [0.25, 0.3) is 0 Å². The zero-order valence-electron chi connectivity index (χ0n) is 9.10. The molecule has 1 aliphatic carbocycles. The second-order valence-electron chi connectivity index (χ2n) is 4.23. The Balaban J connectivity index is 2.28. The molecular weight excluding hydrogens is 227 g/mol. The van der Waals surface area contributed by atoms with Crippen molar-refractivity contribution >= 4 is 11.7 Å². The van der Waals surface area contributed by atoms with Gasteiger partial charge in [0.1, 0.15) is 0 Å². The third kappa shape index (κ3) is 2.13. The quantitative estimate of drug-likeness (QED) is 0.746. The van der Waals surface area contributed by atoms with E-state index in [-0.39, 0.29) is 17.9 Å². The minimum absolute atomic E-state index is 0.234. The summed E-state index contributed by atoms with van der Waals surface area (Å²) in [7, 11) is 0. The standard InChI is InChI=1S/C10H13FN4O2/c11-7-4-15(10(17)14-8(7)12)6-2-1-5(3-6)9(13)16/h4-6H,1-3H2,(H2,13,16)(H2,12,14,17)/t5-,6-/m0/s1. The molecule has 0 spiro atoms. The fourth-order valence-electron chi connectivity index (χ4n) is 2.19. The van der Waals surface area contributed by atoms with Gasteiger partial charge >= 0.3 is 5.69 Å². The molecule has 2 atom stereocenters. The van der Waals surface area contributed by atoms with Gasteiger partial charge < -0.3 is 11.5 Å². The van der Waals surface area contributed by atoms with E-state index in [4.69, 9.17) is 11.5 Å². The van der Waals surface area contributed by atoms with Gasteiger partial charge in [0.05, 0.1) is 0 Å². The van der Waals surface area contributed by atoms with Crippen LogP contribution in [0.3, 0.4) is 0 Å². The summed E-state index contributed by atoms with van der Waals surface area (Å²) in [4.78, 5) is 25.9. The van der Waals surface area contributed by atoms with Gasteiger partial charge in [0, 0.05) is 18.2 Å². The van der Waals surface area contributed by atoms with E-state index in [2.05, 4.69) is 4.98 Å². The fourth-order valence-corrected chi connectivity index (χ4v) is 2.19. The van der Waals surface area contributed by atoms with Gasteiger partial charge in [-0.15, -0.1) is 0 Å². The monoisotopic (exact) mass is 240 g/mol. The number of amides is 1. The molecule has 0 unspecified atom stereocenters. The molecule has 4 N–H and O–H groups in total. The van der Waals surface area contributed by atoms with Crippen molar-refractivity contribution in [2.24, 2.45) is 11.7 Å².